The third kappa shape index (κ3) is 2.60. The fourth-order valence-electron chi connectivity index (χ4n) is 2.91. The lowest BCUT2D eigenvalue weighted by molar-refractivity contribution is 0.306. The highest BCUT2D eigenvalue weighted by atomic mass is 32.2. The van der Waals surface area contributed by atoms with E-state index in [0.29, 0.717) is 13.1 Å². The van der Waals surface area contributed by atoms with Gasteiger partial charge in [0.05, 0.1) is 11.9 Å². The highest BCUT2D eigenvalue weighted by Crippen LogP contribution is 2.29. The van der Waals surface area contributed by atoms with Crippen LogP contribution in [0.15, 0.2) is 23.5 Å². The van der Waals surface area contributed by atoms with E-state index in [1.807, 2.05) is 24.7 Å². The number of hydrogen-bond donors (Lipinski definition) is 1. The molecule has 0 spiro atoms. The van der Waals surface area contributed by atoms with Crippen molar-refractivity contribution < 1.29 is 8.42 Å². The Labute approximate surface area is 124 Å². The van der Waals surface area contributed by atoms with Crippen LogP contribution < -0.4 is 0 Å². The number of rotatable bonds is 3. The molecular weight excluding hydrogens is 290 g/mol. The van der Waals surface area contributed by atoms with E-state index in [0.717, 1.165) is 24.4 Å². The molecule has 0 radical (unpaired) electrons. The topological polar surface area (TPSA) is 83.9 Å². The maximum absolute atomic E-state index is 12.6. The molecule has 0 saturated carbocycles. The normalized spacial score (nSPS) is 20.8. The molecule has 1 aliphatic rings. The third-order valence-corrected chi connectivity index (χ3v) is 5.72. The number of piperidine rings is 1. The molecule has 2 aromatic rings. The number of nitrogens with one attached hydrogen (secondary N) is 1. The van der Waals surface area contributed by atoms with Gasteiger partial charge in [0.15, 0.2) is 0 Å². The van der Waals surface area contributed by atoms with Gasteiger partial charge in [-0.1, -0.05) is 0 Å². The molecule has 1 aliphatic heterocycles. The minimum Gasteiger partial charge on any atom is -0.337 e. The second-order valence-electron chi connectivity index (χ2n) is 5.49. The Balaban J connectivity index is 1.85. The molecule has 3 heterocycles. The molecule has 114 valence electrons. The van der Waals surface area contributed by atoms with Crippen molar-refractivity contribution >= 4 is 10.0 Å². The fraction of sp³-hybridized carbons (Fsp3) is 0.538. The second kappa shape index (κ2) is 5.27. The summed E-state index contributed by atoms with van der Waals surface area (Å²) >= 11 is 0. The zero-order valence-corrected chi connectivity index (χ0v) is 13.0. The molecule has 21 heavy (non-hydrogen) atoms. The number of aromatic amines is 1. The summed E-state index contributed by atoms with van der Waals surface area (Å²) in [5.74, 6) is 1.10. The fourth-order valence-corrected chi connectivity index (χ4v) is 4.35. The standard InChI is InChI=1S/C13H19N5O2S/c1-10-8-17(2)13(16-10)11-4-3-5-18(9-11)21(19,20)12-6-14-15-7-12/h6-8,11H,3-5,9H2,1-2H3,(H,14,15)/t11-/m1/s1. The van der Waals surface area contributed by atoms with Crippen LogP contribution in [0.3, 0.4) is 0 Å². The van der Waals surface area contributed by atoms with Gasteiger partial charge in [0.2, 0.25) is 10.0 Å². The predicted octanol–water partition coefficient (Wildman–Crippen LogP) is 1.02. The first-order chi connectivity index (χ1) is 9.98. The molecule has 1 atom stereocenters. The van der Waals surface area contributed by atoms with Gasteiger partial charge in [-0.2, -0.15) is 9.40 Å². The van der Waals surface area contributed by atoms with Gasteiger partial charge in [0.1, 0.15) is 10.7 Å². The second-order valence-corrected chi connectivity index (χ2v) is 7.43. The number of nitrogens with zero attached hydrogens (tertiary/aromatic N) is 4. The van der Waals surface area contributed by atoms with E-state index in [4.69, 9.17) is 0 Å². The number of H-pyrrole nitrogens is 1. The van der Waals surface area contributed by atoms with Crippen molar-refractivity contribution in [3.63, 3.8) is 0 Å². The van der Waals surface area contributed by atoms with Crippen molar-refractivity contribution in [1.29, 1.82) is 0 Å². The maximum Gasteiger partial charge on any atom is 0.246 e. The van der Waals surface area contributed by atoms with Gasteiger partial charge in [-0.05, 0) is 19.8 Å². The van der Waals surface area contributed by atoms with Crippen LogP contribution in [-0.2, 0) is 17.1 Å². The average molecular weight is 309 g/mol. The molecular formula is C13H19N5O2S. The summed E-state index contributed by atoms with van der Waals surface area (Å²) in [6.07, 6.45) is 6.54. The average Bonchev–Trinajstić information content (AvgIpc) is 3.09. The highest BCUT2D eigenvalue weighted by Gasteiger charge is 2.32. The van der Waals surface area contributed by atoms with Crippen molar-refractivity contribution in [3.05, 3.63) is 30.1 Å². The molecule has 0 aliphatic carbocycles. The van der Waals surface area contributed by atoms with Gasteiger partial charge in [0, 0.05) is 38.4 Å². The van der Waals surface area contributed by atoms with E-state index in [1.165, 1.54) is 16.7 Å². The Morgan fingerprint density at radius 2 is 2.24 bits per heavy atom. The van der Waals surface area contributed by atoms with Gasteiger partial charge >= 0.3 is 0 Å². The third-order valence-electron chi connectivity index (χ3n) is 3.89. The minimum atomic E-state index is -3.46. The van der Waals surface area contributed by atoms with Gasteiger partial charge in [-0.15, -0.1) is 0 Å². The van der Waals surface area contributed by atoms with E-state index < -0.39 is 10.0 Å². The molecule has 1 saturated heterocycles. The molecule has 0 amide bonds. The van der Waals surface area contributed by atoms with Gasteiger partial charge in [-0.3, -0.25) is 5.10 Å². The van der Waals surface area contributed by atoms with Crippen LogP contribution in [0.1, 0.15) is 30.3 Å². The monoisotopic (exact) mass is 309 g/mol. The van der Waals surface area contributed by atoms with Crippen LogP contribution in [-0.4, -0.2) is 45.6 Å². The summed E-state index contributed by atoms with van der Waals surface area (Å²) in [5, 5.41) is 6.29. The predicted molar refractivity (Wildman–Crippen MR) is 77.3 cm³/mol. The summed E-state index contributed by atoms with van der Waals surface area (Å²) in [7, 11) is -1.51. The van der Waals surface area contributed by atoms with Crippen LogP contribution >= 0.6 is 0 Å². The summed E-state index contributed by atoms with van der Waals surface area (Å²) < 4.78 is 28.6. The summed E-state index contributed by atoms with van der Waals surface area (Å²) in [6, 6.07) is 0. The molecule has 0 aromatic carbocycles. The summed E-state index contributed by atoms with van der Waals surface area (Å²) in [6.45, 7) is 2.97. The van der Waals surface area contributed by atoms with Crippen molar-refractivity contribution in [1.82, 2.24) is 24.1 Å². The van der Waals surface area contributed by atoms with Crippen molar-refractivity contribution in [2.45, 2.75) is 30.6 Å². The highest BCUT2D eigenvalue weighted by molar-refractivity contribution is 7.89. The maximum atomic E-state index is 12.6. The van der Waals surface area contributed by atoms with E-state index in [9.17, 15) is 8.42 Å². The molecule has 1 fully saturated rings. The number of aromatic nitrogens is 4. The number of aryl methyl sites for hydroxylation is 2. The molecule has 8 heteroatoms. The van der Waals surface area contributed by atoms with Gasteiger partial charge < -0.3 is 4.57 Å². The SMILES string of the molecule is Cc1cn(C)c([C@@H]2CCCN(S(=O)(=O)c3cn[nH]c3)C2)n1. The van der Waals surface area contributed by atoms with E-state index in [1.54, 1.807) is 0 Å². The van der Waals surface area contributed by atoms with E-state index >= 15 is 0 Å². The largest absolute Gasteiger partial charge is 0.337 e. The van der Waals surface area contributed by atoms with E-state index in [-0.39, 0.29) is 10.8 Å². The van der Waals surface area contributed by atoms with Gasteiger partial charge in [0.25, 0.3) is 0 Å². The van der Waals surface area contributed by atoms with Crippen molar-refractivity contribution in [3.8, 4) is 0 Å². The lowest BCUT2D eigenvalue weighted by Crippen LogP contribution is -2.39. The molecule has 7 nitrogen and oxygen atoms in total. The zero-order chi connectivity index (χ0) is 15.0. The van der Waals surface area contributed by atoms with Crippen LogP contribution in [0, 0.1) is 6.92 Å². The Morgan fingerprint density at radius 3 is 2.86 bits per heavy atom. The molecule has 0 unspecified atom stereocenters. The number of sulfonamides is 1. The Kier molecular flexibility index (Phi) is 3.58. The van der Waals surface area contributed by atoms with Crippen LogP contribution in [0.4, 0.5) is 0 Å². The first kappa shape index (κ1) is 14.3. The van der Waals surface area contributed by atoms with E-state index in [2.05, 4.69) is 15.2 Å². The summed E-state index contributed by atoms with van der Waals surface area (Å²) in [4.78, 5) is 4.76. The quantitative estimate of drug-likeness (QED) is 0.917. The van der Waals surface area contributed by atoms with Crippen LogP contribution in [0.25, 0.3) is 0 Å². The molecule has 1 N–H and O–H groups in total. The first-order valence-electron chi connectivity index (χ1n) is 6.97. The zero-order valence-electron chi connectivity index (χ0n) is 12.2. The molecule has 0 bridgehead atoms. The molecule has 3 rings (SSSR count). The Bertz CT molecular complexity index is 720. The van der Waals surface area contributed by atoms with Crippen molar-refractivity contribution in [2.24, 2.45) is 7.05 Å². The number of imidazole rings is 1. The van der Waals surface area contributed by atoms with Crippen LogP contribution in [0.5, 0.6) is 0 Å². The molecule has 2 aromatic heterocycles. The van der Waals surface area contributed by atoms with Crippen LogP contribution in [0.2, 0.25) is 0 Å². The Morgan fingerprint density at radius 1 is 1.43 bits per heavy atom. The number of hydrogen-bond acceptors (Lipinski definition) is 4. The van der Waals surface area contributed by atoms with Crippen molar-refractivity contribution in [2.75, 3.05) is 13.1 Å². The smallest absolute Gasteiger partial charge is 0.246 e. The lowest BCUT2D eigenvalue weighted by atomic mass is 9.99. The minimum absolute atomic E-state index is 0.138. The lowest BCUT2D eigenvalue weighted by Gasteiger charge is -2.31. The Hall–Kier alpha value is -1.67. The first-order valence-corrected chi connectivity index (χ1v) is 8.41. The van der Waals surface area contributed by atoms with Gasteiger partial charge in [-0.25, -0.2) is 13.4 Å². The summed E-state index contributed by atoms with van der Waals surface area (Å²) in [5.41, 5.74) is 0.960.